The van der Waals surface area contributed by atoms with E-state index in [0.717, 1.165) is 6.42 Å². The van der Waals surface area contributed by atoms with Crippen molar-refractivity contribution in [2.75, 3.05) is 0 Å². The Balaban J connectivity index is 2.77. The lowest BCUT2D eigenvalue weighted by Gasteiger charge is -2.30. The molecule has 1 heteroatoms. The molecule has 1 aromatic rings. The van der Waals surface area contributed by atoms with Gasteiger partial charge in [0.1, 0.15) is 0 Å². The summed E-state index contributed by atoms with van der Waals surface area (Å²) in [4.78, 5) is 11.9. The number of allylic oxidation sites excluding steroid dienone is 2. The average molecular weight is 230 g/mol. The molecule has 0 bridgehead atoms. The molecule has 1 rings (SSSR count). The molecule has 1 nitrogen and oxygen atoms in total. The number of rotatable bonds is 5. The molecule has 0 spiro atoms. The SMILES string of the molecule is C/C=C/C(=O)[C@H](C)C(C)(C)Cc1ccccc1. The predicted molar refractivity (Wildman–Crippen MR) is 72.9 cm³/mol. The topological polar surface area (TPSA) is 17.1 Å². The van der Waals surface area contributed by atoms with Gasteiger partial charge in [-0.2, -0.15) is 0 Å². The number of hydrogen-bond acceptors (Lipinski definition) is 1. The second-order valence-corrected chi connectivity index (χ2v) is 5.28. The summed E-state index contributed by atoms with van der Waals surface area (Å²) in [5.41, 5.74) is 1.27. The molecule has 0 aliphatic carbocycles. The van der Waals surface area contributed by atoms with Gasteiger partial charge in [-0.3, -0.25) is 4.79 Å². The Labute approximate surface area is 105 Å². The highest BCUT2D eigenvalue weighted by atomic mass is 16.1. The van der Waals surface area contributed by atoms with Crippen LogP contribution in [0.5, 0.6) is 0 Å². The van der Waals surface area contributed by atoms with Crippen molar-refractivity contribution in [1.82, 2.24) is 0 Å². The van der Waals surface area contributed by atoms with Crippen LogP contribution in [0.1, 0.15) is 33.3 Å². The van der Waals surface area contributed by atoms with E-state index >= 15 is 0 Å². The molecular formula is C16H22O. The van der Waals surface area contributed by atoms with Crippen molar-refractivity contribution >= 4 is 5.78 Å². The maximum Gasteiger partial charge on any atom is 0.158 e. The highest BCUT2D eigenvalue weighted by molar-refractivity contribution is 5.91. The molecule has 0 aliphatic heterocycles. The van der Waals surface area contributed by atoms with Crippen molar-refractivity contribution in [2.45, 2.75) is 34.1 Å². The average Bonchev–Trinajstić information content (AvgIpc) is 2.29. The van der Waals surface area contributed by atoms with E-state index in [1.54, 1.807) is 6.08 Å². The molecule has 0 saturated heterocycles. The van der Waals surface area contributed by atoms with Crippen molar-refractivity contribution in [1.29, 1.82) is 0 Å². The molecule has 0 saturated carbocycles. The second-order valence-electron chi connectivity index (χ2n) is 5.28. The van der Waals surface area contributed by atoms with Gasteiger partial charge in [0, 0.05) is 5.92 Å². The zero-order chi connectivity index (χ0) is 12.9. The first-order valence-electron chi connectivity index (χ1n) is 6.18. The van der Waals surface area contributed by atoms with Crippen molar-refractivity contribution in [3.63, 3.8) is 0 Å². The predicted octanol–water partition coefficient (Wildman–Crippen LogP) is 4.04. The summed E-state index contributed by atoms with van der Waals surface area (Å²) in [5, 5.41) is 0. The zero-order valence-electron chi connectivity index (χ0n) is 11.2. The van der Waals surface area contributed by atoms with Gasteiger partial charge in [0.25, 0.3) is 0 Å². The Bertz CT molecular complexity index is 387. The van der Waals surface area contributed by atoms with E-state index in [0.29, 0.717) is 0 Å². The minimum atomic E-state index is -0.0159. The molecule has 0 fully saturated rings. The smallest absolute Gasteiger partial charge is 0.158 e. The number of benzene rings is 1. The Kier molecular flexibility index (Phi) is 4.68. The fraction of sp³-hybridized carbons (Fsp3) is 0.438. The van der Waals surface area contributed by atoms with Crippen LogP contribution in [0, 0.1) is 11.3 Å². The third kappa shape index (κ3) is 3.85. The van der Waals surface area contributed by atoms with Crippen LogP contribution in [0.15, 0.2) is 42.5 Å². The van der Waals surface area contributed by atoms with Gasteiger partial charge < -0.3 is 0 Å². The molecule has 1 atom stereocenters. The van der Waals surface area contributed by atoms with Gasteiger partial charge in [0.15, 0.2) is 5.78 Å². The third-order valence-corrected chi connectivity index (χ3v) is 3.43. The Hall–Kier alpha value is -1.37. The monoisotopic (exact) mass is 230 g/mol. The molecule has 0 aliphatic rings. The summed E-state index contributed by atoms with van der Waals surface area (Å²) in [6, 6.07) is 10.3. The van der Waals surface area contributed by atoms with Crippen LogP contribution < -0.4 is 0 Å². The lowest BCUT2D eigenvalue weighted by molar-refractivity contribution is -0.120. The summed E-state index contributed by atoms with van der Waals surface area (Å²) in [6.07, 6.45) is 4.42. The van der Waals surface area contributed by atoms with E-state index in [2.05, 4.69) is 26.0 Å². The normalized spacial score (nSPS) is 13.9. The lowest BCUT2D eigenvalue weighted by Crippen LogP contribution is -2.29. The summed E-state index contributed by atoms with van der Waals surface area (Å²) in [7, 11) is 0. The van der Waals surface area contributed by atoms with Crippen molar-refractivity contribution in [3.8, 4) is 0 Å². The van der Waals surface area contributed by atoms with Gasteiger partial charge in [0.2, 0.25) is 0 Å². The number of ketones is 1. The Morgan fingerprint density at radius 1 is 1.29 bits per heavy atom. The minimum Gasteiger partial charge on any atom is -0.295 e. The summed E-state index contributed by atoms with van der Waals surface area (Å²) < 4.78 is 0. The Morgan fingerprint density at radius 3 is 2.41 bits per heavy atom. The second kappa shape index (κ2) is 5.81. The zero-order valence-corrected chi connectivity index (χ0v) is 11.2. The standard InChI is InChI=1S/C16H22O/c1-5-9-15(17)13(2)16(3,4)12-14-10-7-6-8-11-14/h5-11,13H,12H2,1-4H3/b9-5+/t13-/m0/s1. The molecule has 0 radical (unpaired) electrons. The first kappa shape index (κ1) is 13.7. The van der Waals surface area contributed by atoms with Crippen LogP contribution in [0.3, 0.4) is 0 Å². The molecule has 0 amide bonds. The third-order valence-electron chi connectivity index (χ3n) is 3.43. The fourth-order valence-electron chi connectivity index (χ4n) is 1.97. The molecular weight excluding hydrogens is 208 g/mol. The molecule has 17 heavy (non-hydrogen) atoms. The lowest BCUT2D eigenvalue weighted by atomic mass is 9.73. The minimum absolute atomic E-state index is 0.0159. The van der Waals surface area contributed by atoms with Crippen molar-refractivity contribution in [2.24, 2.45) is 11.3 Å². The summed E-state index contributed by atoms with van der Waals surface area (Å²) in [6.45, 7) is 8.22. The maximum absolute atomic E-state index is 11.9. The van der Waals surface area contributed by atoms with E-state index < -0.39 is 0 Å². The molecule has 0 aromatic heterocycles. The largest absolute Gasteiger partial charge is 0.295 e. The fourth-order valence-corrected chi connectivity index (χ4v) is 1.97. The van der Waals surface area contributed by atoms with Crippen LogP contribution in [0.25, 0.3) is 0 Å². The number of carbonyl (C=O) groups is 1. The molecule has 0 unspecified atom stereocenters. The first-order chi connectivity index (χ1) is 7.97. The Morgan fingerprint density at radius 2 is 1.88 bits per heavy atom. The van der Waals surface area contributed by atoms with E-state index in [1.807, 2.05) is 38.1 Å². The quantitative estimate of drug-likeness (QED) is 0.698. The van der Waals surface area contributed by atoms with E-state index in [9.17, 15) is 4.79 Å². The van der Waals surface area contributed by atoms with Crippen LogP contribution in [0.4, 0.5) is 0 Å². The van der Waals surface area contributed by atoms with Crippen LogP contribution >= 0.6 is 0 Å². The van der Waals surface area contributed by atoms with Gasteiger partial charge in [-0.25, -0.2) is 0 Å². The highest BCUT2D eigenvalue weighted by Gasteiger charge is 2.29. The van der Waals surface area contributed by atoms with Crippen LogP contribution in [-0.2, 0) is 11.2 Å². The van der Waals surface area contributed by atoms with Gasteiger partial charge in [-0.15, -0.1) is 0 Å². The van der Waals surface area contributed by atoms with Crippen molar-refractivity contribution in [3.05, 3.63) is 48.0 Å². The van der Waals surface area contributed by atoms with Crippen molar-refractivity contribution < 1.29 is 4.79 Å². The van der Waals surface area contributed by atoms with Gasteiger partial charge in [-0.05, 0) is 30.4 Å². The molecule has 0 heterocycles. The van der Waals surface area contributed by atoms with Gasteiger partial charge in [-0.1, -0.05) is 57.2 Å². The van der Waals surface area contributed by atoms with E-state index in [4.69, 9.17) is 0 Å². The number of hydrogen-bond donors (Lipinski definition) is 0. The molecule has 1 aromatic carbocycles. The van der Waals surface area contributed by atoms with Gasteiger partial charge >= 0.3 is 0 Å². The summed E-state index contributed by atoms with van der Waals surface area (Å²) in [5.74, 6) is 0.257. The number of carbonyl (C=O) groups excluding carboxylic acids is 1. The first-order valence-corrected chi connectivity index (χ1v) is 6.18. The van der Waals surface area contributed by atoms with Crippen LogP contribution in [-0.4, -0.2) is 5.78 Å². The summed E-state index contributed by atoms with van der Waals surface area (Å²) >= 11 is 0. The van der Waals surface area contributed by atoms with E-state index in [1.165, 1.54) is 5.56 Å². The highest BCUT2D eigenvalue weighted by Crippen LogP contribution is 2.31. The van der Waals surface area contributed by atoms with Crippen LogP contribution in [0.2, 0.25) is 0 Å². The van der Waals surface area contributed by atoms with E-state index in [-0.39, 0.29) is 17.1 Å². The molecule has 92 valence electrons. The maximum atomic E-state index is 11.9. The molecule has 0 N–H and O–H groups in total. The van der Waals surface area contributed by atoms with Gasteiger partial charge in [0.05, 0.1) is 0 Å².